The minimum Gasteiger partial charge on any atom is -0.481 e. The normalized spacial score (nSPS) is 24.0. The molecule has 0 spiro atoms. The molecule has 1 fully saturated rings. The molecule has 7 aliphatic heterocycles. The zero-order chi connectivity index (χ0) is 94.5. The number of aromatic nitrogens is 7. The minimum absolute atomic E-state index is 0.0318. The Kier molecular flexibility index (Phi) is 32.3. The number of aromatic amines is 2. The van der Waals surface area contributed by atoms with Gasteiger partial charge in [0.25, 0.3) is 0 Å². The van der Waals surface area contributed by atoms with Crippen LogP contribution in [-0.2, 0) is 110 Å². The van der Waals surface area contributed by atoms with E-state index in [1.807, 2.05) is 112 Å². The molecule has 0 saturated carbocycles. The number of nitrogens with one attached hydrogen (secondary N) is 4. The lowest BCUT2D eigenvalue weighted by Gasteiger charge is -2.48. The molecule has 0 aliphatic carbocycles. The lowest BCUT2D eigenvalue weighted by atomic mass is 9.56. The van der Waals surface area contributed by atoms with Gasteiger partial charge >= 0.3 is 47.8 Å². The summed E-state index contributed by atoms with van der Waals surface area (Å²) < 4.78 is 56.8. The van der Waals surface area contributed by atoms with Crippen LogP contribution in [0.4, 0.5) is 0 Å². The van der Waals surface area contributed by atoms with E-state index in [-0.39, 0.29) is 122 Å². The molecular weight excluding hydrogens is 1670 g/mol. The third kappa shape index (κ3) is 21.2. The van der Waals surface area contributed by atoms with Gasteiger partial charge in [-0.05, 0) is 175 Å². The fourth-order valence-corrected chi connectivity index (χ4v) is 20.2. The third-order valence-corrected chi connectivity index (χ3v) is 28.1. The van der Waals surface area contributed by atoms with Gasteiger partial charge in [0.05, 0.1) is 147 Å². The number of aliphatic carboxylic acids is 1. The second-order valence-electron chi connectivity index (χ2n) is 36.0. The van der Waals surface area contributed by atoms with Gasteiger partial charge in [-0.3, -0.25) is 58.1 Å². The molecule has 4 aromatic heterocycles. The van der Waals surface area contributed by atoms with Crippen molar-refractivity contribution in [2.75, 3.05) is 95.5 Å². The maximum absolute atomic E-state index is 15.1. The standard InChI is InChI=1S/C98H128N12O20/c1-21-62-55(3)70-47-71-57(5)64(25-30-81(112)113)76(102-71)50-77-65(58(6)73(103-77)49-75-63(22-2)56(4)72(101-75)48-74(62)100-70)26-31-86(118)130-45-44-129-43-42-128-41-40-127-39-38-110-54-61(108-109-110)24-23-37-99-80(111)52-96(12)66(27-32-82(114)121-15)78-51-79-94(9,10)67(28-33-83(115)122-16)89(105-79)59(7)91-95(11,36-35-85(117)124-18)69(46-87(119)125-19)93(106-91)98(14)97(13,53-88(120)126-20)68(29-34-84(116)123-17)90(107-98)60(8)92(96)104-78/h21-22,47-51,54,66-69,93,100,103,106H,1-2,23-46,52-53H2,3-20H3,(H,99,111)(H,112,113)/b70-47?,71-47?,72-48?,73-49?,74-48?,75-49?,76-50?,77-50?,79-51-,91-59-,92-60-/t66-,67-,68-,69+,93?,95-,96+,97+,98+/m1/s1. The van der Waals surface area contributed by atoms with Crippen molar-refractivity contribution in [3.8, 4) is 0 Å². The molecule has 5 N–H and O–H groups in total. The maximum atomic E-state index is 15.1. The summed E-state index contributed by atoms with van der Waals surface area (Å²) in [7, 11) is 7.90. The van der Waals surface area contributed by atoms with Gasteiger partial charge in [0, 0.05) is 165 Å². The SMILES string of the molecule is C=CC1=C(C)c2cc3[nH]c(cc4nc(cc5[nH]c(cc1n2)c(C)c5CCC(=O)OCCOCCOCCOCCn1cc(CCCNC(=O)C[C@]2(C)/C5=C(\C)C6=N[C@@](C)(C7N/C(=C(/C)C8=N/C(=C\C(=N5)[C@H]2CCC(=O)OC)C(C)(C)[C@@H]8CCC(=O)OC)[C@](C)(CCC(=O)OC)[C@H]7CC(=O)OC)[C@@](C)(CC(=O)OC)[C@@H]6CCC(=O)OC)nn1)C(CCC(=O)O)=C4C)c(C)c3C=C. The number of fused-ring (bicyclic) bond motifs is 14. The average Bonchev–Trinajstić information content (AvgIpc) is 1.52. The molecule has 9 atom stereocenters. The molecule has 130 heavy (non-hydrogen) atoms. The highest BCUT2D eigenvalue weighted by Gasteiger charge is 2.67. The first-order valence-electron chi connectivity index (χ1n) is 44.7. The van der Waals surface area contributed by atoms with Crippen molar-refractivity contribution in [3.63, 3.8) is 0 Å². The number of H-pyrrole nitrogens is 2. The van der Waals surface area contributed by atoms with E-state index in [0.29, 0.717) is 115 Å². The minimum atomic E-state index is -1.40. The number of carbonyl (C=O) groups excluding carboxylic acids is 8. The van der Waals surface area contributed by atoms with Crippen LogP contribution in [0.3, 0.4) is 0 Å². The number of aryl methyl sites for hydroxylation is 4. The van der Waals surface area contributed by atoms with Crippen LogP contribution in [0.15, 0.2) is 99.0 Å². The number of amides is 1. The average molecular weight is 1790 g/mol. The van der Waals surface area contributed by atoms with E-state index in [1.165, 1.54) is 42.7 Å². The van der Waals surface area contributed by atoms with Crippen LogP contribution < -0.4 is 10.6 Å². The molecule has 700 valence electrons. The van der Waals surface area contributed by atoms with Crippen molar-refractivity contribution in [2.24, 2.45) is 60.3 Å². The number of allylic oxidation sites excluding steroid dienone is 11. The summed E-state index contributed by atoms with van der Waals surface area (Å²) >= 11 is 0. The lowest BCUT2D eigenvalue weighted by Crippen LogP contribution is -2.58. The summed E-state index contributed by atoms with van der Waals surface area (Å²) in [5, 5.41) is 25.7. The first-order valence-corrected chi connectivity index (χ1v) is 44.7. The molecule has 0 radical (unpaired) electrons. The zero-order valence-electron chi connectivity index (χ0n) is 78.6. The Balaban J connectivity index is 0.728. The van der Waals surface area contributed by atoms with Crippen LogP contribution in [0.1, 0.15) is 216 Å². The Morgan fingerprint density at radius 1 is 0.554 bits per heavy atom. The van der Waals surface area contributed by atoms with Crippen molar-refractivity contribution < 1.29 is 95.6 Å². The molecule has 11 rings (SSSR count). The van der Waals surface area contributed by atoms with Gasteiger partial charge in [0.1, 0.15) is 6.61 Å². The largest absolute Gasteiger partial charge is 0.481 e. The monoisotopic (exact) mass is 1790 g/mol. The smallest absolute Gasteiger partial charge is 0.306 e. The fraction of sp³-hybridized carbons (Fsp3) is 0.551. The first-order chi connectivity index (χ1) is 61.9. The fourth-order valence-electron chi connectivity index (χ4n) is 20.2. The highest BCUT2D eigenvalue weighted by molar-refractivity contribution is 6.10. The number of ether oxygens (including phenoxy) is 10. The van der Waals surface area contributed by atoms with Gasteiger partial charge in [-0.1, -0.05) is 65.1 Å². The van der Waals surface area contributed by atoms with Crippen LogP contribution >= 0.6 is 0 Å². The zero-order valence-corrected chi connectivity index (χ0v) is 78.6. The Morgan fingerprint density at radius 2 is 1.13 bits per heavy atom. The molecule has 32 nitrogen and oxygen atoms in total. The van der Waals surface area contributed by atoms with Crippen molar-refractivity contribution >= 4 is 121 Å². The molecular formula is C98H128N12O20. The molecule has 4 aromatic rings. The van der Waals surface area contributed by atoms with Gasteiger partial charge in [0.2, 0.25) is 5.91 Å². The number of hydrogen-bond acceptors (Lipinski definition) is 27. The number of hydrogen-bond donors (Lipinski definition) is 5. The Hall–Kier alpha value is -11.6. The second-order valence-corrected chi connectivity index (χ2v) is 36.0. The molecule has 1 unspecified atom stereocenters. The highest BCUT2D eigenvalue weighted by atomic mass is 16.6. The number of methoxy groups -OCH3 is 6. The summed E-state index contributed by atoms with van der Waals surface area (Å²) in [6, 6.07) is 7.09. The van der Waals surface area contributed by atoms with E-state index in [0.717, 1.165) is 78.0 Å². The topological polar surface area (TPSA) is 415 Å². The van der Waals surface area contributed by atoms with E-state index in [1.54, 1.807) is 10.8 Å². The molecule has 11 heterocycles. The Bertz CT molecular complexity index is 5530. The summed E-state index contributed by atoms with van der Waals surface area (Å²) in [4.78, 5) is 157. The Morgan fingerprint density at radius 3 is 1.77 bits per heavy atom. The number of carboxylic acids is 1. The number of aliphatic imine (C=N–C) groups is 3. The summed E-state index contributed by atoms with van der Waals surface area (Å²) in [6.07, 6.45) is 9.01. The van der Waals surface area contributed by atoms with Gasteiger partial charge in [-0.2, -0.15) is 0 Å². The number of carbonyl (C=O) groups is 9. The molecule has 16 bridgehead atoms. The first kappa shape index (κ1) is 98.9. The van der Waals surface area contributed by atoms with Crippen molar-refractivity contribution in [2.45, 2.75) is 210 Å². The molecule has 1 saturated heterocycles. The van der Waals surface area contributed by atoms with Crippen molar-refractivity contribution in [1.82, 2.24) is 45.6 Å². The highest BCUT2D eigenvalue weighted by Crippen LogP contribution is 2.63. The van der Waals surface area contributed by atoms with Crippen molar-refractivity contribution in [3.05, 3.63) is 135 Å². The van der Waals surface area contributed by atoms with E-state index >= 15 is 4.79 Å². The van der Waals surface area contributed by atoms with Crippen molar-refractivity contribution in [1.29, 1.82) is 0 Å². The van der Waals surface area contributed by atoms with Gasteiger partial charge in [-0.15, -0.1) is 5.10 Å². The van der Waals surface area contributed by atoms with Gasteiger partial charge < -0.3 is 73.1 Å². The number of rotatable bonds is 42. The third-order valence-electron chi connectivity index (χ3n) is 28.1. The predicted octanol–water partition coefficient (Wildman–Crippen LogP) is 13.7. The molecule has 1 amide bonds. The summed E-state index contributed by atoms with van der Waals surface area (Å²) in [5.74, 6) is -7.18. The predicted molar refractivity (Wildman–Crippen MR) is 492 cm³/mol. The van der Waals surface area contributed by atoms with E-state index in [9.17, 15) is 43.5 Å². The molecule has 32 heteroatoms. The van der Waals surface area contributed by atoms with Gasteiger partial charge in [0.15, 0.2) is 0 Å². The quantitative estimate of drug-likeness (QED) is 0.0156. The van der Waals surface area contributed by atoms with E-state index < -0.39 is 105 Å². The number of esters is 7. The summed E-state index contributed by atoms with van der Waals surface area (Å²) in [6.45, 7) is 34.3. The van der Waals surface area contributed by atoms with Crippen LogP contribution in [0.2, 0.25) is 0 Å². The number of carboxylic acid groups (broad SMARTS) is 1. The number of nitrogens with zero attached hydrogens (tertiary/aromatic N) is 8. The summed E-state index contributed by atoms with van der Waals surface area (Å²) in [5.41, 5.74) is 12.9. The van der Waals surface area contributed by atoms with Crippen LogP contribution in [0.25, 0.3) is 50.4 Å². The maximum Gasteiger partial charge on any atom is 0.306 e. The van der Waals surface area contributed by atoms with Crippen LogP contribution in [0, 0.1) is 59.2 Å². The van der Waals surface area contributed by atoms with Crippen LogP contribution in [-0.4, -0.2) is 218 Å². The molecule has 7 aliphatic rings. The van der Waals surface area contributed by atoms with Crippen LogP contribution in [0.5, 0.6) is 0 Å². The lowest BCUT2D eigenvalue weighted by molar-refractivity contribution is -0.147. The van der Waals surface area contributed by atoms with E-state index in [4.69, 9.17) is 72.3 Å². The van der Waals surface area contributed by atoms with Gasteiger partial charge in [-0.25, -0.2) is 14.6 Å². The molecule has 0 aromatic carbocycles. The van der Waals surface area contributed by atoms with E-state index in [2.05, 4.69) is 57.9 Å². The Labute approximate surface area is 759 Å². The second kappa shape index (κ2) is 42.5.